The minimum atomic E-state index is -0.164. The summed E-state index contributed by atoms with van der Waals surface area (Å²) in [5.74, 6) is 0.712. The lowest BCUT2D eigenvalue weighted by Crippen LogP contribution is -2.22. The fourth-order valence-electron chi connectivity index (χ4n) is 3.44. The molecule has 0 saturated heterocycles. The van der Waals surface area contributed by atoms with E-state index in [4.69, 9.17) is 4.42 Å². The van der Waals surface area contributed by atoms with E-state index in [1.165, 1.54) is 18.0 Å². The molecule has 0 aliphatic heterocycles. The van der Waals surface area contributed by atoms with Gasteiger partial charge in [0.2, 0.25) is 11.6 Å². The Kier molecular flexibility index (Phi) is 4.48. The Morgan fingerprint density at radius 3 is 2.63 bits per heavy atom. The van der Waals surface area contributed by atoms with Gasteiger partial charge in [0.05, 0.1) is 28.6 Å². The highest BCUT2D eigenvalue weighted by molar-refractivity contribution is 7.99. The lowest BCUT2D eigenvalue weighted by molar-refractivity contribution is 0.0992. The van der Waals surface area contributed by atoms with Crippen molar-refractivity contribution in [3.05, 3.63) is 88.6 Å². The number of furan rings is 1. The summed E-state index contributed by atoms with van der Waals surface area (Å²) in [6.45, 7) is 1.95. The molecule has 5 rings (SSSR count). The summed E-state index contributed by atoms with van der Waals surface area (Å²) in [4.78, 5) is 25.7. The molecular formula is C22H16N4O3S. The zero-order valence-electron chi connectivity index (χ0n) is 16.0. The Morgan fingerprint density at radius 2 is 1.83 bits per heavy atom. The van der Waals surface area contributed by atoms with Crippen molar-refractivity contribution >= 4 is 34.2 Å². The van der Waals surface area contributed by atoms with E-state index in [1.54, 1.807) is 22.8 Å². The number of rotatable bonds is 5. The van der Waals surface area contributed by atoms with E-state index in [2.05, 4.69) is 10.2 Å². The highest BCUT2D eigenvalue weighted by Crippen LogP contribution is 2.24. The van der Waals surface area contributed by atoms with Crippen LogP contribution in [-0.4, -0.2) is 30.7 Å². The topological polar surface area (TPSA) is 82.4 Å². The van der Waals surface area contributed by atoms with Crippen LogP contribution in [0.5, 0.6) is 0 Å². The van der Waals surface area contributed by atoms with Gasteiger partial charge in [0.1, 0.15) is 0 Å². The van der Waals surface area contributed by atoms with Crippen molar-refractivity contribution in [1.82, 2.24) is 19.2 Å². The van der Waals surface area contributed by atoms with Crippen LogP contribution in [0, 0.1) is 6.92 Å². The van der Waals surface area contributed by atoms with E-state index in [1.807, 2.05) is 53.8 Å². The van der Waals surface area contributed by atoms with Crippen molar-refractivity contribution in [3.63, 3.8) is 0 Å². The van der Waals surface area contributed by atoms with Crippen molar-refractivity contribution < 1.29 is 9.21 Å². The smallest absolute Gasteiger partial charge is 0.267 e. The Bertz CT molecular complexity index is 1450. The van der Waals surface area contributed by atoms with Gasteiger partial charge in [-0.05, 0) is 42.8 Å². The number of thioether (sulfide) groups is 1. The summed E-state index contributed by atoms with van der Waals surface area (Å²) in [5, 5.41) is 9.68. The molecule has 0 saturated carbocycles. The fraction of sp³-hybridized carbons (Fsp3) is 0.0909. The number of benzene rings is 2. The van der Waals surface area contributed by atoms with Crippen LogP contribution in [0.15, 0.2) is 81.3 Å². The summed E-state index contributed by atoms with van der Waals surface area (Å²) in [6, 6.07) is 18.3. The average Bonchev–Trinajstić information content (AvgIpc) is 3.44. The summed E-state index contributed by atoms with van der Waals surface area (Å²) in [7, 11) is 0. The van der Waals surface area contributed by atoms with Crippen LogP contribution in [0.3, 0.4) is 0 Å². The number of aryl methyl sites for hydroxylation is 1. The number of aromatic nitrogens is 4. The van der Waals surface area contributed by atoms with E-state index < -0.39 is 0 Å². The van der Waals surface area contributed by atoms with Gasteiger partial charge < -0.3 is 4.42 Å². The maximum absolute atomic E-state index is 13.3. The molecule has 0 aliphatic carbocycles. The summed E-state index contributed by atoms with van der Waals surface area (Å²) in [6.07, 6.45) is 1.47. The van der Waals surface area contributed by atoms with Gasteiger partial charge in [-0.25, -0.2) is 4.57 Å². The minimum Gasteiger partial charge on any atom is -0.461 e. The van der Waals surface area contributed by atoms with Crippen LogP contribution < -0.4 is 5.56 Å². The molecule has 0 N–H and O–H groups in total. The van der Waals surface area contributed by atoms with E-state index in [-0.39, 0.29) is 17.1 Å². The monoisotopic (exact) mass is 416 g/mol. The lowest BCUT2D eigenvalue weighted by Gasteiger charge is -2.13. The summed E-state index contributed by atoms with van der Waals surface area (Å²) in [5.41, 5.74) is 2.22. The van der Waals surface area contributed by atoms with Crippen molar-refractivity contribution in [1.29, 1.82) is 0 Å². The SMILES string of the molecule is Cc1ccccc1-n1c(=O)c2ccccc2n2c(SCC(=O)c3ccco3)nnc12. The Morgan fingerprint density at radius 1 is 1.03 bits per heavy atom. The number of fused-ring (bicyclic) bond motifs is 3. The van der Waals surface area contributed by atoms with E-state index in [0.717, 1.165) is 11.3 Å². The van der Waals surface area contributed by atoms with Crippen LogP contribution in [0.4, 0.5) is 0 Å². The normalized spacial score (nSPS) is 11.4. The van der Waals surface area contributed by atoms with E-state index >= 15 is 0 Å². The highest BCUT2D eigenvalue weighted by atomic mass is 32.2. The number of ketones is 1. The van der Waals surface area contributed by atoms with Crippen molar-refractivity contribution in [2.24, 2.45) is 0 Å². The molecule has 0 unspecified atom stereocenters. The van der Waals surface area contributed by atoms with Crippen molar-refractivity contribution in [2.45, 2.75) is 12.1 Å². The molecule has 0 atom stereocenters. The first kappa shape index (κ1) is 18.4. The molecule has 8 heteroatoms. The molecule has 0 amide bonds. The average molecular weight is 416 g/mol. The predicted molar refractivity (Wildman–Crippen MR) is 115 cm³/mol. The second-order valence-corrected chi connectivity index (χ2v) is 7.69. The van der Waals surface area contributed by atoms with Gasteiger partial charge in [-0.2, -0.15) is 0 Å². The first-order valence-electron chi connectivity index (χ1n) is 9.29. The van der Waals surface area contributed by atoms with Gasteiger partial charge in [0, 0.05) is 0 Å². The lowest BCUT2D eigenvalue weighted by atomic mass is 10.2. The zero-order valence-corrected chi connectivity index (χ0v) is 16.8. The van der Waals surface area contributed by atoms with Crippen LogP contribution in [0.2, 0.25) is 0 Å². The first-order chi connectivity index (χ1) is 14.6. The third-order valence-electron chi connectivity index (χ3n) is 4.88. The first-order valence-corrected chi connectivity index (χ1v) is 10.3. The molecule has 0 radical (unpaired) electrons. The number of para-hydroxylation sites is 2. The minimum absolute atomic E-state index is 0.140. The zero-order chi connectivity index (χ0) is 20.7. The van der Waals surface area contributed by atoms with Gasteiger partial charge in [-0.3, -0.25) is 14.0 Å². The quantitative estimate of drug-likeness (QED) is 0.319. The van der Waals surface area contributed by atoms with Crippen LogP contribution >= 0.6 is 11.8 Å². The molecule has 3 aromatic heterocycles. The molecule has 5 aromatic rings. The molecule has 0 spiro atoms. The van der Waals surface area contributed by atoms with E-state index in [0.29, 0.717) is 27.6 Å². The van der Waals surface area contributed by atoms with Gasteiger partial charge >= 0.3 is 0 Å². The molecule has 0 aliphatic rings. The molecule has 2 aromatic carbocycles. The Labute approximate surface area is 175 Å². The number of carbonyl (C=O) groups excluding carboxylic acids is 1. The van der Waals surface area contributed by atoms with Gasteiger partial charge in [-0.1, -0.05) is 42.1 Å². The molecular weight excluding hydrogens is 400 g/mol. The third-order valence-corrected chi connectivity index (χ3v) is 5.81. The molecule has 148 valence electrons. The third kappa shape index (κ3) is 2.93. The van der Waals surface area contributed by atoms with Crippen molar-refractivity contribution in [2.75, 3.05) is 5.75 Å². The van der Waals surface area contributed by atoms with Crippen LogP contribution in [0.25, 0.3) is 22.4 Å². The standard InChI is InChI=1S/C22H16N4O3S/c1-14-7-2-4-9-16(14)25-20(28)15-8-3-5-10-17(15)26-21(25)23-24-22(26)30-13-18(27)19-11-6-12-29-19/h2-12H,13H2,1H3. The van der Waals surface area contributed by atoms with Crippen LogP contribution in [0.1, 0.15) is 16.1 Å². The van der Waals surface area contributed by atoms with Crippen molar-refractivity contribution in [3.8, 4) is 5.69 Å². The molecule has 30 heavy (non-hydrogen) atoms. The number of carbonyl (C=O) groups is 1. The fourth-order valence-corrected chi connectivity index (χ4v) is 4.25. The number of Topliss-reactive ketones (excluding diaryl/α,β-unsaturated/α-hetero) is 1. The second-order valence-electron chi connectivity index (χ2n) is 6.75. The molecule has 7 nitrogen and oxygen atoms in total. The molecule has 3 heterocycles. The molecule has 0 bridgehead atoms. The number of hydrogen-bond acceptors (Lipinski definition) is 6. The largest absolute Gasteiger partial charge is 0.461 e. The highest BCUT2D eigenvalue weighted by Gasteiger charge is 2.20. The van der Waals surface area contributed by atoms with Gasteiger partial charge in [0.25, 0.3) is 5.56 Å². The maximum atomic E-state index is 13.3. The molecule has 0 fully saturated rings. The number of hydrogen-bond donors (Lipinski definition) is 0. The number of nitrogens with zero attached hydrogens (tertiary/aromatic N) is 4. The van der Waals surface area contributed by atoms with E-state index in [9.17, 15) is 9.59 Å². The predicted octanol–water partition coefficient (Wildman–Crippen LogP) is 3.91. The second kappa shape index (κ2) is 7.31. The maximum Gasteiger partial charge on any atom is 0.267 e. The summed E-state index contributed by atoms with van der Waals surface area (Å²) < 4.78 is 8.57. The van der Waals surface area contributed by atoms with Crippen LogP contribution in [-0.2, 0) is 0 Å². The Balaban J connectivity index is 1.71. The Hall–Kier alpha value is -3.65. The van der Waals surface area contributed by atoms with Gasteiger partial charge in [0.15, 0.2) is 10.9 Å². The van der Waals surface area contributed by atoms with Gasteiger partial charge in [-0.15, -0.1) is 10.2 Å². The summed E-state index contributed by atoms with van der Waals surface area (Å²) >= 11 is 1.26.